The van der Waals surface area contributed by atoms with Crippen molar-refractivity contribution < 1.29 is 39.6 Å². The van der Waals surface area contributed by atoms with Crippen LogP contribution in [0.15, 0.2) is 12.1 Å². The molecule has 0 saturated carbocycles. The summed E-state index contributed by atoms with van der Waals surface area (Å²) >= 11 is 0. The van der Waals surface area contributed by atoms with E-state index in [1.807, 2.05) is 0 Å². The van der Waals surface area contributed by atoms with Gasteiger partial charge in [-0.25, -0.2) is 19.2 Å². The number of benzene rings is 2. The van der Waals surface area contributed by atoms with E-state index in [-0.39, 0.29) is 21.2 Å². The molecular formula is C16H10O8. The van der Waals surface area contributed by atoms with Crippen molar-refractivity contribution in [3.05, 3.63) is 44.8 Å². The molecule has 0 spiro atoms. The van der Waals surface area contributed by atoms with Crippen LogP contribution in [0, 0.1) is 0 Å². The third-order valence-electron chi connectivity index (χ3n) is 3.55. The van der Waals surface area contributed by atoms with Crippen LogP contribution in [0.5, 0.6) is 0 Å². The van der Waals surface area contributed by atoms with Crippen molar-refractivity contribution in [2.45, 2.75) is 0 Å². The molecule has 0 heterocycles. The third-order valence-corrected chi connectivity index (χ3v) is 3.55. The Hall–Kier alpha value is -3.68. The predicted molar refractivity (Wildman–Crippen MR) is 82.1 cm³/mol. The molecule has 0 amide bonds. The van der Waals surface area contributed by atoms with Gasteiger partial charge in [-0.15, -0.1) is 0 Å². The van der Waals surface area contributed by atoms with Crippen molar-refractivity contribution in [3.63, 3.8) is 0 Å². The van der Waals surface area contributed by atoms with E-state index in [4.69, 9.17) is 10.2 Å². The molecule has 0 aliphatic rings. The van der Waals surface area contributed by atoms with Crippen LogP contribution in [0.3, 0.4) is 0 Å². The van der Waals surface area contributed by atoms with Crippen LogP contribution < -0.4 is 10.4 Å². The second kappa shape index (κ2) is 5.51. The maximum atomic E-state index is 11.4. The van der Waals surface area contributed by atoms with Gasteiger partial charge in [0.15, 0.2) is 0 Å². The molecule has 0 fully saturated rings. The number of aromatic carboxylic acids is 4. The van der Waals surface area contributed by atoms with E-state index in [9.17, 15) is 29.4 Å². The van der Waals surface area contributed by atoms with Gasteiger partial charge < -0.3 is 20.4 Å². The Morgan fingerprint density at radius 2 is 0.917 bits per heavy atom. The fourth-order valence-corrected chi connectivity index (χ4v) is 2.50. The highest BCUT2D eigenvalue weighted by molar-refractivity contribution is 6.10. The van der Waals surface area contributed by atoms with Gasteiger partial charge in [0.05, 0.1) is 22.3 Å². The van der Waals surface area contributed by atoms with Gasteiger partial charge in [-0.2, -0.15) is 0 Å². The lowest BCUT2D eigenvalue weighted by Gasteiger charge is -2.11. The highest BCUT2D eigenvalue weighted by Crippen LogP contribution is 2.18. The largest absolute Gasteiger partial charge is 0.478 e. The summed E-state index contributed by atoms with van der Waals surface area (Å²) in [5, 5.41) is 36.3. The first kappa shape index (κ1) is 16.7. The number of hydrogen-bond acceptors (Lipinski definition) is 4. The number of carboxylic acids is 4. The maximum absolute atomic E-state index is 11.4. The van der Waals surface area contributed by atoms with Gasteiger partial charge in [0.1, 0.15) is 0 Å². The Balaban J connectivity index is 3.20. The number of fused-ring (bicyclic) bond motifs is 1. The lowest BCUT2D eigenvalue weighted by molar-refractivity contribution is 0.0649. The average Bonchev–Trinajstić information content (AvgIpc) is 2.48. The molecule has 24 heavy (non-hydrogen) atoms. The normalized spacial score (nSPS) is 10.5. The Labute approximate surface area is 133 Å². The van der Waals surface area contributed by atoms with Crippen LogP contribution in [0.1, 0.15) is 41.4 Å². The zero-order valence-electron chi connectivity index (χ0n) is 12.0. The van der Waals surface area contributed by atoms with E-state index < -0.39 is 46.1 Å². The lowest BCUT2D eigenvalue weighted by atomic mass is 9.92. The number of carboxylic acid groups (broad SMARTS) is 4. The van der Waals surface area contributed by atoms with E-state index in [1.54, 1.807) is 0 Å². The van der Waals surface area contributed by atoms with E-state index >= 15 is 0 Å². The third kappa shape index (κ3) is 2.35. The summed E-state index contributed by atoms with van der Waals surface area (Å²) in [6.07, 6.45) is 0. The molecule has 122 valence electrons. The van der Waals surface area contributed by atoms with Crippen LogP contribution in [0.2, 0.25) is 0 Å². The Morgan fingerprint density at radius 3 is 1.12 bits per heavy atom. The Bertz CT molecular complexity index is 964. The van der Waals surface area contributed by atoms with Gasteiger partial charge in [-0.3, -0.25) is 0 Å². The predicted octanol–water partition coefficient (Wildman–Crippen LogP) is 0.453. The SMILES string of the molecule is C=c1c(C(=O)O)c(C(=O)O)c(=C)c2cc(C(=O)O)c(C(=O)O)cc12. The van der Waals surface area contributed by atoms with Crippen LogP contribution in [0.4, 0.5) is 0 Å². The maximum Gasteiger partial charge on any atom is 0.337 e. The molecule has 0 bridgehead atoms. The smallest absolute Gasteiger partial charge is 0.337 e. The summed E-state index contributed by atoms with van der Waals surface area (Å²) < 4.78 is 0. The highest BCUT2D eigenvalue weighted by atomic mass is 16.4. The van der Waals surface area contributed by atoms with Crippen molar-refractivity contribution in [1.82, 2.24) is 0 Å². The molecule has 0 radical (unpaired) electrons. The quantitative estimate of drug-likeness (QED) is 0.631. The summed E-state index contributed by atoms with van der Waals surface area (Å²) in [5.41, 5.74) is -2.39. The molecule has 0 unspecified atom stereocenters. The fourth-order valence-electron chi connectivity index (χ4n) is 2.50. The number of rotatable bonds is 4. The van der Waals surface area contributed by atoms with Gasteiger partial charge in [-0.1, -0.05) is 13.2 Å². The molecular weight excluding hydrogens is 320 g/mol. The first-order valence-corrected chi connectivity index (χ1v) is 6.32. The van der Waals surface area contributed by atoms with Crippen molar-refractivity contribution in [3.8, 4) is 0 Å². The Morgan fingerprint density at radius 1 is 0.625 bits per heavy atom. The topological polar surface area (TPSA) is 149 Å². The van der Waals surface area contributed by atoms with Crippen LogP contribution in [-0.4, -0.2) is 44.3 Å². The summed E-state index contributed by atoms with van der Waals surface area (Å²) in [7, 11) is 0. The monoisotopic (exact) mass is 330 g/mol. The average molecular weight is 330 g/mol. The van der Waals surface area contributed by atoms with Crippen molar-refractivity contribution in [2.75, 3.05) is 0 Å². The lowest BCUT2D eigenvalue weighted by Crippen LogP contribution is -2.29. The van der Waals surface area contributed by atoms with Gasteiger partial charge in [0, 0.05) is 0 Å². The van der Waals surface area contributed by atoms with E-state index in [0.717, 1.165) is 12.1 Å². The molecule has 0 aliphatic heterocycles. The molecule has 4 N–H and O–H groups in total. The van der Waals surface area contributed by atoms with Crippen LogP contribution in [0.25, 0.3) is 23.9 Å². The van der Waals surface area contributed by atoms with Gasteiger partial charge in [0.2, 0.25) is 0 Å². The van der Waals surface area contributed by atoms with Crippen molar-refractivity contribution in [2.24, 2.45) is 0 Å². The first-order chi connectivity index (χ1) is 11.1. The number of hydrogen-bond donors (Lipinski definition) is 4. The second-order valence-corrected chi connectivity index (χ2v) is 4.87. The molecule has 0 aliphatic carbocycles. The zero-order valence-corrected chi connectivity index (χ0v) is 12.0. The summed E-state index contributed by atoms with van der Waals surface area (Å²) in [5.74, 6) is -6.19. The standard InChI is InChI=1S/C16H10O8/c1-5-7-3-9(13(17)18)10(14(19)20)4-8(7)6(2)12(16(23)24)11(5)15(21)22/h3-4H,1-2H2,(H,17,18)(H,19,20)(H,21,22)(H,23,24). The minimum Gasteiger partial charge on any atom is -0.478 e. The minimum atomic E-state index is -1.57. The van der Waals surface area contributed by atoms with Gasteiger partial charge in [-0.05, 0) is 33.3 Å². The first-order valence-electron chi connectivity index (χ1n) is 6.32. The van der Waals surface area contributed by atoms with Gasteiger partial charge in [0.25, 0.3) is 0 Å². The summed E-state index contributed by atoms with van der Waals surface area (Å²) in [4.78, 5) is 45.3. The Kier molecular flexibility index (Phi) is 3.83. The molecule has 2 aromatic rings. The minimum absolute atomic E-state index is 0.00444. The molecule has 8 heteroatoms. The molecule has 0 saturated heterocycles. The van der Waals surface area contributed by atoms with Crippen LogP contribution in [-0.2, 0) is 0 Å². The van der Waals surface area contributed by atoms with E-state index in [0.29, 0.717) is 0 Å². The summed E-state index contributed by atoms with van der Waals surface area (Å²) in [6, 6.07) is 1.91. The van der Waals surface area contributed by atoms with Gasteiger partial charge >= 0.3 is 23.9 Å². The van der Waals surface area contributed by atoms with E-state index in [1.165, 1.54) is 0 Å². The molecule has 8 nitrogen and oxygen atoms in total. The summed E-state index contributed by atoms with van der Waals surface area (Å²) in [6.45, 7) is 7.03. The second-order valence-electron chi connectivity index (χ2n) is 4.87. The number of carbonyl (C=O) groups is 4. The molecule has 2 aromatic carbocycles. The molecule has 0 aromatic heterocycles. The molecule has 2 rings (SSSR count). The van der Waals surface area contributed by atoms with Crippen LogP contribution >= 0.6 is 0 Å². The van der Waals surface area contributed by atoms with Crippen molar-refractivity contribution in [1.29, 1.82) is 0 Å². The van der Waals surface area contributed by atoms with Crippen molar-refractivity contribution >= 4 is 47.8 Å². The molecule has 0 atom stereocenters. The fraction of sp³-hybridized carbons (Fsp3) is 0. The van der Waals surface area contributed by atoms with E-state index in [2.05, 4.69) is 13.2 Å². The highest BCUT2D eigenvalue weighted by Gasteiger charge is 2.24. The zero-order chi connectivity index (χ0) is 18.3.